The maximum absolute atomic E-state index is 5.72. The molecule has 2 rings (SSSR count). The molecule has 0 saturated carbocycles. The summed E-state index contributed by atoms with van der Waals surface area (Å²) in [5, 5.41) is 11.3. The first-order valence-corrected chi connectivity index (χ1v) is 9.49. The second kappa shape index (κ2) is 9.94. The van der Waals surface area contributed by atoms with Gasteiger partial charge in [-0.25, -0.2) is 4.98 Å². The molecule has 2 aromatic rings. The van der Waals surface area contributed by atoms with Gasteiger partial charge < -0.3 is 15.4 Å². The number of guanidine groups is 1. The fourth-order valence-corrected chi connectivity index (χ4v) is 2.96. The first-order valence-electron chi connectivity index (χ1n) is 9.49. The summed E-state index contributed by atoms with van der Waals surface area (Å²) in [6.07, 6.45) is 3.60. The molecule has 148 valence electrons. The summed E-state index contributed by atoms with van der Waals surface area (Å²) in [5.41, 5.74) is 4.59. The van der Waals surface area contributed by atoms with Crippen LogP contribution in [-0.4, -0.2) is 40.4 Å². The SMILES string of the molecule is CCCOc1ncccc1CNC(=NC)NC(C)Cc1c(C)nn(C)c1C. The number of pyridine rings is 1. The molecule has 0 radical (unpaired) electrons. The number of aliphatic imine (C=N–C) groups is 1. The van der Waals surface area contributed by atoms with Gasteiger partial charge in [-0.1, -0.05) is 13.0 Å². The van der Waals surface area contributed by atoms with Crippen molar-refractivity contribution in [1.29, 1.82) is 0 Å². The Labute approximate surface area is 162 Å². The quantitative estimate of drug-likeness (QED) is 0.550. The smallest absolute Gasteiger partial charge is 0.218 e. The molecule has 2 aromatic heterocycles. The summed E-state index contributed by atoms with van der Waals surface area (Å²) in [7, 11) is 3.76. The largest absolute Gasteiger partial charge is 0.477 e. The van der Waals surface area contributed by atoms with Gasteiger partial charge in [0.25, 0.3) is 0 Å². The molecule has 0 saturated heterocycles. The zero-order valence-corrected chi connectivity index (χ0v) is 17.3. The van der Waals surface area contributed by atoms with Crippen LogP contribution in [0.5, 0.6) is 5.88 Å². The Morgan fingerprint density at radius 2 is 2.15 bits per heavy atom. The Morgan fingerprint density at radius 3 is 2.78 bits per heavy atom. The van der Waals surface area contributed by atoms with Gasteiger partial charge in [0.1, 0.15) is 0 Å². The van der Waals surface area contributed by atoms with Crippen molar-refractivity contribution in [3.63, 3.8) is 0 Å². The normalized spacial score (nSPS) is 12.7. The number of nitrogens with zero attached hydrogens (tertiary/aromatic N) is 4. The third-order valence-electron chi connectivity index (χ3n) is 4.52. The van der Waals surface area contributed by atoms with Crippen LogP contribution in [0.1, 0.15) is 42.8 Å². The minimum absolute atomic E-state index is 0.225. The highest BCUT2D eigenvalue weighted by atomic mass is 16.5. The second-order valence-electron chi connectivity index (χ2n) is 6.76. The van der Waals surface area contributed by atoms with Crippen molar-refractivity contribution in [2.45, 2.75) is 53.1 Å². The van der Waals surface area contributed by atoms with Gasteiger partial charge in [0, 0.05) is 44.1 Å². The van der Waals surface area contributed by atoms with Gasteiger partial charge in [-0.05, 0) is 45.2 Å². The number of rotatable bonds is 8. The minimum atomic E-state index is 0.225. The van der Waals surface area contributed by atoms with Gasteiger partial charge >= 0.3 is 0 Å². The Balaban J connectivity index is 1.94. The molecule has 0 aliphatic rings. The summed E-state index contributed by atoms with van der Waals surface area (Å²) >= 11 is 0. The summed E-state index contributed by atoms with van der Waals surface area (Å²) in [5.74, 6) is 1.43. The highest BCUT2D eigenvalue weighted by Crippen LogP contribution is 2.15. The molecule has 27 heavy (non-hydrogen) atoms. The first-order chi connectivity index (χ1) is 13.0. The molecule has 2 heterocycles. The van der Waals surface area contributed by atoms with Crippen LogP contribution < -0.4 is 15.4 Å². The van der Waals surface area contributed by atoms with Crippen LogP contribution in [0, 0.1) is 13.8 Å². The number of hydrogen-bond acceptors (Lipinski definition) is 4. The lowest BCUT2D eigenvalue weighted by Crippen LogP contribution is -2.42. The monoisotopic (exact) mass is 372 g/mol. The summed E-state index contributed by atoms with van der Waals surface area (Å²) < 4.78 is 7.66. The maximum Gasteiger partial charge on any atom is 0.218 e. The summed E-state index contributed by atoms with van der Waals surface area (Å²) in [4.78, 5) is 8.67. The molecule has 7 nitrogen and oxygen atoms in total. The molecule has 0 aliphatic carbocycles. The molecule has 2 N–H and O–H groups in total. The van der Waals surface area contributed by atoms with Crippen LogP contribution in [0.3, 0.4) is 0 Å². The predicted octanol–water partition coefficient (Wildman–Crippen LogP) is 2.52. The minimum Gasteiger partial charge on any atom is -0.477 e. The topological polar surface area (TPSA) is 76.4 Å². The maximum atomic E-state index is 5.72. The van der Waals surface area contributed by atoms with E-state index in [0.717, 1.165) is 30.1 Å². The zero-order chi connectivity index (χ0) is 19.8. The van der Waals surface area contributed by atoms with E-state index < -0.39 is 0 Å². The number of aryl methyl sites for hydroxylation is 2. The van der Waals surface area contributed by atoms with Gasteiger partial charge in [0.05, 0.1) is 12.3 Å². The highest BCUT2D eigenvalue weighted by molar-refractivity contribution is 5.80. The molecule has 0 fully saturated rings. The molecule has 1 unspecified atom stereocenters. The van der Waals surface area contributed by atoms with Crippen LogP contribution in [-0.2, 0) is 20.0 Å². The number of nitrogens with one attached hydrogen (secondary N) is 2. The zero-order valence-electron chi connectivity index (χ0n) is 17.3. The van der Waals surface area contributed by atoms with Gasteiger partial charge in [0.2, 0.25) is 5.88 Å². The van der Waals surface area contributed by atoms with Crippen molar-refractivity contribution < 1.29 is 4.74 Å². The van der Waals surface area contributed by atoms with Crippen LogP contribution in [0.15, 0.2) is 23.3 Å². The van der Waals surface area contributed by atoms with Crippen LogP contribution in [0.2, 0.25) is 0 Å². The average molecular weight is 373 g/mol. The van der Waals surface area contributed by atoms with E-state index in [1.807, 2.05) is 23.9 Å². The fraction of sp³-hybridized carbons (Fsp3) is 0.550. The van der Waals surface area contributed by atoms with E-state index in [9.17, 15) is 0 Å². The first kappa shape index (κ1) is 20.7. The Bertz CT molecular complexity index is 768. The molecule has 0 bridgehead atoms. The fourth-order valence-electron chi connectivity index (χ4n) is 2.96. The predicted molar refractivity (Wildman–Crippen MR) is 109 cm³/mol. The van der Waals surface area contributed by atoms with E-state index in [1.165, 1.54) is 11.3 Å². The Morgan fingerprint density at radius 1 is 1.37 bits per heavy atom. The van der Waals surface area contributed by atoms with Crippen molar-refractivity contribution in [3.8, 4) is 5.88 Å². The standard InChI is InChI=1S/C20H32N6O/c1-7-11-27-19-17(9-8-10-22-19)13-23-20(21-5)24-14(2)12-18-15(3)25-26(6)16(18)4/h8-10,14H,7,11-13H2,1-6H3,(H2,21,23,24). The molecular formula is C20H32N6O. The van der Waals surface area contributed by atoms with Crippen molar-refractivity contribution in [2.75, 3.05) is 13.7 Å². The molecule has 0 spiro atoms. The number of hydrogen-bond donors (Lipinski definition) is 2. The summed E-state index contributed by atoms with van der Waals surface area (Å²) in [6, 6.07) is 4.16. The molecule has 0 aliphatic heterocycles. The molecule has 0 aromatic carbocycles. The van der Waals surface area contributed by atoms with E-state index in [1.54, 1.807) is 13.2 Å². The van der Waals surface area contributed by atoms with E-state index in [0.29, 0.717) is 19.0 Å². The van der Waals surface area contributed by atoms with Crippen molar-refractivity contribution in [3.05, 3.63) is 40.8 Å². The van der Waals surface area contributed by atoms with Crippen molar-refractivity contribution in [2.24, 2.45) is 12.0 Å². The Hall–Kier alpha value is -2.57. The number of ether oxygens (including phenoxy) is 1. The second-order valence-corrected chi connectivity index (χ2v) is 6.76. The molecule has 0 amide bonds. The van der Waals surface area contributed by atoms with Gasteiger partial charge in [-0.3, -0.25) is 9.67 Å². The van der Waals surface area contributed by atoms with Gasteiger partial charge in [0.15, 0.2) is 5.96 Å². The Kier molecular flexibility index (Phi) is 7.64. The van der Waals surface area contributed by atoms with Gasteiger partial charge in [-0.2, -0.15) is 5.10 Å². The van der Waals surface area contributed by atoms with Crippen molar-refractivity contribution in [1.82, 2.24) is 25.4 Å². The van der Waals surface area contributed by atoms with Crippen molar-refractivity contribution >= 4 is 5.96 Å². The van der Waals surface area contributed by atoms with E-state index >= 15 is 0 Å². The lowest BCUT2D eigenvalue weighted by Gasteiger charge is -2.19. The highest BCUT2D eigenvalue weighted by Gasteiger charge is 2.14. The van der Waals surface area contributed by atoms with E-state index in [4.69, 9.17) is 4.74 Å². The van der Waals surface area contributed by atoms with E-state index in [-0.39, 0.29) is 6.04 Å². The molecule has 1 atom stereocenters. The van der Waals surface area contributed by atoms with E-state index in [2.05, 4.69) is 53.4 Å². The summed E-state index contributed by atoms with van der Waals surface area (Å²) in [6.45, 7) is 9.66. The number of aromatic nitrogens is 3. The van der Waals surface area contributed by atoms with Crippen LogP contribution in [0.4, 0.5) is 0 Å². The lowest BCUT2D eigenvalue weighted by atomic mass is 10.1. The molecular weight excluding hydrogens is 340 g/mol. The lowest BCUT2D eigenvalue weighted by molar-refractivity contribution is 0.301. The van der Waals surface area contributed by atoms with Crippen LogP contribution in [0.25, 0.3) is 0 Å². The third kappa shape index (κ3) is 5.70. The van der Waals surface area contributed by atoms with Crippen LogP contribution >= 0.6 is 0 Å². The average Bonchev–Trinajstić information content (AvgIpc) is 2.90. The van der Waals surface area contributed by atoms with Gasteiger partial charge in [-0.15, -0.1) is 0 Å². The molecule has 7 heteroatoms. The third-order valence-corrected chi connectivity index (χ3v) is 4.52.